The van der Waals surface area contributed by atoms with Crippen molar-refractivity contribution >= 4 is 11.8 Å². The summed E-state index contributed by atoms with van der Waals surface area (Å²) in [6.07, 6.45) is 0. The van der Waals surface area contributed by atoms with Crippen LogP contribution in [0.1, 0.15) is 20.8 Å². The molecule has 0 aromatic carbocycles. The Morgan fingerprint density at radius 1 is 1.50 bits per heavy atom. The molecule has 0 fully saturated rings. The zero-order valence-electron chi connectivity index (χ0n) is 8.17. The number of hydrazine groups is 1. The average molecular weight is 192 g/mol. The Bertz CT molecular complexity index is 101. The van der Waals surface area contributed by atoms with Gasteiger partial charge in [-0.25, -0.2) is 0 Å². The molecule has 0 aliphatic rings. The quantitative estimate of drug-likeness (QED) is 0.466. The molecule has 0 saturated carbocycles. The molecule has 0 bridgehead atoms. The minimum Gasteiger partial charge on any atom is -0.380 e. The molecule has 0 aromatic rings. The number of ether oxygens (including phenoxy) is 1. The van der Waals surface area contributed by atoms with Crippen LogP contribution in [-0.2, 0) is 4.74 Å². The van der Waals surface area contributed by atoms with Gasteiger partial charge < -0.3 is 4.74 Å². The van der Waals surface area contributed by atoms with E-state index in [1.54, 1.807) is 0 Å². The topological polar surface area (TPSA) is 47.3 Å². The average Bonchev–Trinajstić information content (AvgIpc) is 2.05. The molecular formula is C8H20N2OS. The summed E-state index contributed by atoms with van der Waals surface area (Å²) in [5.74, 6) is 6.36. The second-order valence-corrected chi connectivity index (χ2v) is 4.51. The summed E-state index contributed by atoms with van der Waals surface area (Å²) in [5.41, 5.74) is 2.75. The van der Waals surface area contributed by atoms with Crippen molar-refractivity contribution in [2.24, 2.45) is 5.84 Å². The van der Waals surface area contributed by atoms with Gasteiger partial charge in [0, 0.05) is 12.4 Å². The van der Waals surface area contributed by atoms with Crippen LogP contribution >= 0.6 is 11.8 Å². The zero-order chi connectivity index (χ0) is 9.40. The van der Waals surface area contributed by atoms with Crippen molar-refractivity contribution in [3.8, 4) is 0 Å². The SMILES string of the molecule is CCOCC(CSC(C)C)NN. The molecule has 3 nitrogen and oxygen atoms in total. The maximum Gasteiger partial charge on any atom is 0.0641 e. The predicted octanol–water partition coefficient (Wildman–Crippen LogP) is 0.996. The Kier molecular flexibility index (Phi) is 8.01. The Labute approximate surface area is 79.4 Å². The molecule has 0 saturated heterocycles. The van der Waals surface area contributed by atoms with Crippen LogP contribution in [0.4, 0.5) is 0 Å². The van der Waals surface area contributed by atoms with Gasteiger partial charge in [0.05, 0.1) is 12.6 Å². The Hall–Kier alpha value is 0.230. The van der Waals surface area contributed by atoms with E-state index in [4.69, 9.17) is 10.6 Å². The van der Waals surface area contributed by atoms with Crippen LogP contribution in [0.25, 0.3) is 0 Å². The number of hydrogen-bond donors (Lipinski definition) is 2. The van der Waals surface area contributed by atoms with Crippen LogP contribution in [0, 0.1) is 0 Å². The first kappa shape index (κ1) is 12.2. The smallest absolute Gasteiger partial charge is 0.0641 e. The molecule has 0 aliphatic carbocycles. The second-order valence-electron chi connectivity index (χ2n) is 2.91. The van der Waals surface area contributed by atoms with Crippen LogP contribution in [0.5, 0.6) is 0 Å². The summed E-state index contributed by atoms with van der Waals surface area (Å²) in [6, 6.07) is 0.275. The standard InChI is InChI=1S/C8H20N2OS/c1-4-11-5-8(10-9)6-12-7(2)3/h7-8,10H,4-6,9H2,1-3H3. The number of nitrogens with one attached hydrogen (secondary N) is 1. The van der Waals surface area contributed by atoms with E-state index in [0.717, 1.165) is 12.4 Å². The van der Waals surface area contributed by atoms with E-state index in [9.17, 15) is 0 Å². The first-order chi connectivity index (χ1) is 5.70. The fourth-order valence-corrected chi connectivity index (χ4v) is 1.52. The molecule has 0 rings (SSSR count). The van der Waals surface area contributed by atoms with E-state index in [1.807, 2.05) is 18.7 Å². The largest absolute Gasteiger partial charge is 0.380 e. The van der Waals surface area contributed by atoms with Gasteiger partial charge in [-0.2, -0.15) is 11.8 Å². The Morgan fingerprint density at radius 2 is 2.17 bits per heavy atom. The summed E-state index contributed by atoms with van der Waals surface area (Å²) < 4.78 is 5.26. The van der Waals surface area contributed by atoms with Crippen molar-refractivity contribution in [1.82, 2.24) is 5.43 Å². The Morgan fingerprint density at radius 3 is 2.58 bits per heavy atom. The van der Waals surface area contributed by atoms with Crippen LogP contribution in [0.2, 0.25) is 0 Å². The van der Waals surface area contributed by atoms with Gasteiger partial charge in [-0.3, -0.25) is 11.3 Å². The van der Waals surface area contributed by atoms with Crippen molar-refractivity contribution in [3.63, 3.8) is 0 Å². The molecule has 0 radical (unpaired) electrons. The van der Waals surface area contributed by atoms with E-state index in [0.29, 0.717) is 11.9 Å². The van der Waals surface area contributed by atoms with E-state index >= 15 is 0 Å². The lowest BCUT2D eigenvalue weighted by Gasteiger charge is -2.16. The van der Waals surface area contributed by atoms with Crippen molar-refractivity contribution in [3.05, 3.63) is 0 Å². The Balaban J connectivity index is 3.39. The van der Waals surface area contributed by atoms with E-state index in [2.05, 4.69) is 19.3 Å². The molecule has 0 spiro atoms. The third kappa shape index (κ3) is 6.91. The third-order valence-corrected chi connectivity index (χ3v) is 2.65. The van der Waals surface area contributed by atoms with E-state index in [1.165, 1.54) is 0 Å². The minimum atomic E-state index is 0.275. The monoisotopic (exact) mass is 192 g/mol. The molecule has 4 heteroatoms. The lowest BCUT2D eigenvalue weighted by Crippen LogP contribution is -2.40. The van der Waals surface area contributed by atoms with Crippen LogP contribution < -0.4 is 11.3 Å². The highest BCUT2D eigenvalue weighted by Gasteiger charge is 2.06. The molecular weight excluding hydrogens is 172 g/mol. The van der Waals surface area contributed by atoms with Gasteiger partial charge in [-0.1, -0.05) is 13.8 Å². The first-order valence-corrected chi connectivity index (χ1v) is 5.41. The maximum absolute atomic E-state index is 5.36. The summed E-state index contributed by atoms with van der Waals surface area (Å²) in [7, 11) is 0. The molecule has 3 N–H and O–H groups in total. The molecule has 0 aliphatic heterocycles. The fraction of sp³-hybridized carbons (Fsp3) is 1.00. The lowest BCUT2D eigenvalue weighted by atomic mass is 10.4. The van der Waals surface area contributed by atoms with Gasteiger partial charge in [0.1, 0.15) is 0 Å². The van der Waals surface area contributed by atoms with Gasteiger partial charge in [-0.05, 0) is 12.2 Å². The number of nitrogens with two attached hydrogens (primary N) is 1. The van der Waals surface area contributed by atoms with Crippen LogP contribution in [-0.4, -0.2) is 30.3 Å². The van der Waals surface area contributed by atoms with Crippen molar-refractivity contribution in [1.29, 1.82) is 0 Å². The lowest BCUT2D eigenvalue weighted by molar-refractivity contribution is 0.129. The summed E-state index contributed by atoms with van der Waals surface area (Å²) in [4.78, 5) is 0. The number of thioether (sulfide) groups is 1. The molecule has 0 amide bonds. The van der Waals surface area contributed by atoms with Crippen LogP contribution in [0.15, 0.2) is 0 Å². The van der Waals surface area contributed by atoms with Gasteiger partial charge in [0.2, 0.25) is 0 Å². The van der Waals surface area contributed by atoms with Gasteiger partial charge in [0.15, 0.2) is 0 Å². The van der Waals surface area contributed by atoms with Gasteiger partial charge >= 0.3 is 0 Å². The van der Waals surface area contributed by atoms with Gasteiger partial charge in [0.25, 0.3) is 0 Å². The van der Waals surface area contributed by atoms with Crippen molar-refractivity contribution in [2.45, 2.75) is 32.1 Å². The van der Waals surface area contributed by atoms with Crippen LogP contribution in [0.3, 0.4) is 0 Å². The summed E-state index contributed by atoms with van der Waals surface area (Å²) in [6.45, 7) is 7.80. The molecule has 74 valence electrons. The normalized spacial score (nSPS) is 13.8. The highest BCUT2D eigenvalue weighted by Crippen LogP contribution is 2.10. The maximum atomic E-state index is 5.36. The van der Waals surface area contributed by atoms with Gasteiger partial charge in [-0.15, -0.1) is 0 Å². The summed E-state index contributed by atoms with van der Waals surface area (Å²) >= 11 is 1.89. The van der Waals surface area contributed by atoms with E-state index < -0.39 is 0 Å². The third-order valence-electron chi connectivity index (χ3n) is 1.39. The predicted molar refractivity (Wildman–Crippen MR) is 55.2 cm³/mol. The molecule has 0 heterocycles. The van der Waals surface area contributed by atoms with E-state index in [-0.39, 0.29) is 6.04 Å². The number of hydrogen-bond acceptors (Lipinski definition) is 4. The molecule has 1 unspecified atom stereocenters. The number of rotatable bonds is 7. The summed E-state index contributed by atoms with van der Waals surface area (Å²) in [5, 5.41) is 0.655. The highest BCUT2D eigenvalue weighted by atomic mass is 32.2. The van der Waals surface area contributed by atoms with Crippen molar-refractivity contribution in [2.75, 3.05) is 19.0 Å². The fourth-order valence-electron chi connectivity index (χ4n) is 0.713. The highest BCUT2D eigenvalue weighted by molar-refractivity contribution is 7.99. The first-order valence-electron chi connectivity index (χ1n) is 4.36. The second kappa shape index (κ2) is 7.86. The minimum absolute atomic E-state index is 0.275. The molecule has 0 aromatic heterocycles. The zero-order valence-corrected chi connectivity index (χ0v) is 8.99. The van der Waals surface area contributed by atoms with Crippen molar-refractivity contribution < 1.29 is 4.74 Å². The molecule has 12 heavy (non-hydrogen) atoms. The molecule has 1 atom stereocenters.